The third-order valence-corrected chi connectivity index (χ3v) is 9.32. The van der Waals surface area contributed by atoms with E-state index in [9.17, 15) is 9.90 Å². The molecule has 1 saturated heterocycles. The maximum atomic E-state index is 12.8. The Morgan fingerprint density at radius 2 is 1.75 bits per heavy atom. The summed E-state index contributed by atoms with van der Waals surface area (Å²) in [4.78, 5) is 22.7. The number of aryl methyl sites for hydroxylation is 4. The van der Waals surface area contributed by atoms with Gasteiger partial charge in [-0.05, 0) is 89.8 Å². The van der Waals surface area contributed by atoms with Crippen molar-refractivity contribution in [3.8, 4) is 11.1 Å². The van der Waals surface area contributed by atoms with Gasteiger partial charge in [-0.3, -0.25) is 14.6 Å². The molecule has 0 bridgehead atoms. The number of rotatable bonds is 8. The minimum absolute atomic E-state index is 0.257. The van der Waals surface area contributed by atoms with E-state index in [2.05, 4.69) is 73.9 Å². The predicted octanol–water partition coefficient (Wildman–Crippen LogP) is 7.02. The highest BCUT2D eigenvalue weighted by Crippen LogP contribution is 2.45. The second-order valence-electron chi connectivity index (χ2n) is 14.6. The van der Waals surface area contributed by atoms with E-state index in [1.165, 1.54) is 16.7 Å². The predicted molar refractivity (Wildman–Crippen MR) is 176 cm³/mol. The molecule has 8 heteroatoms. The van der Waals surface area contributed by atoms with E-state index in [1.54, 1.807) is 0 Å². The maximum Gasteiger partial charge on any atom is 0.337 e. The molecule has 0 aliphatic carbocycles. The molecule has 5 rings (SSSR count). The standard InChI is InChI=1S/C36H51N5O3/c1-10-41-22-29(23(2)38-41)21-39-16-13-26-19-27(11-12-28(26)20-39)30-24(3)37-25(4)31(33(34(42)43)44-35(5,6)7)32(30)40-17-14-36(8,9)15-18-40/h11-12,19,22,33H,10,13-18,20-21H2,1-9H3,(H,42,43)/t33-/m0/s1. The van der Waals surface area contributed by atoms with Gasteiger partial charge in [0.25, 0.3) is 0 Å². The fourth-order valence-electron chi connectivity index (χ4n) is 6.77. The first-order chi connectivity index (χ1) is 20.7. The fourth-order valence-corrected chi connectivity index (χ4v) is 6.77. The molecular formula is C36H51N5O3. The van der Waals surface area contributed by atoms with Crippen LogP contribution in [-0.4, -0.2) is 56.0 Å². The third kappa shape index (κ3) is 6.86. The van der Waals surface area contributed by atoms with Gasteiger partial charge in [-0.1, -0.05) is 32.0 Å². The van der Waals surface area contributed by atoms with Crippen LogP contribution in [0.2, 0.25) is 0 Å². The van der Waals surface area contributed by atoms with E-state index < -0.39 is 17.7 Å². The first-order valence-electron chi connectivity index (χ1n) is 16.2. The molecule has 1 N–H and O–H groups in total. The first-order valence-corrected chi connectivity index (χ1v) is 16.2. The van der Waals surface area contributed by atoms with Crippen molar-refractivity contribution in [1.29, 1.82) is 0 Å². The highest BCUT2D eigenvalue weighted by atomic mass is 16.5. The number of carbonyl (C=O) groups is 1. The van der Waals surface area contributed by atoms with Gasteiger partial charge in [0.2, 0.25) is 0 Å². The highest BCUT2D eigenvalue weighted by Gasteiger charge is 2.36. The van der Waals surface area contributed by atoms with Gasteiger partial charge in [0.05, 0.1) is 17.0 Å². The van der Waals surface area contributed by atoms with Crippen LogP contribution in [0, 0.1) is 26.2 Å². The average molecular weight is 602 g/mol. The van der Waals surface area contributed by atoms with Crippen LogP contribution in [0.3, 0.4) is 0 Å². The van der Waals surface area contributed by atoms with Crippen LogP contribution in [0.1, 0.15) is 99.8 Å². The van der Waals surface area contributed by atoms with Gasteiger partial charge in [-0.15, -0.1) is 0 Å². The van der Waals surface area contributed by atoms with E-state index in [4.69, 9.17) is 9.72 Å². The molecule has 2 aliphatic rings. The minimum Gasteiger partial charge on any atom is -0.479 e. The second kappa shape index (κ2) is 12.3. The van der Waals surface area contributed by atoms with Gasteiger partial charge in [-0.25, -0.2) is 4.79 Å². The second-order valence-corrected chi connectivity index (χ2v) is 14.6. The number of hydrogen-bond acceptors (Lipinski definition) is 6. The Bertz CT molecular complexity index is 1520. The lowest BCUT2D eigenvalue weighted by molar-refractivity contribution is -0.160. The lowest BCUT2D eigenvalue weighted by Gasteiger charge is -2.41. The Kier molecular flexibility index (Phi) is 8.98. The van der Waals surface area contributed by atoms with Crippen molar-refractivity contribution in [2.75, 3.05) is 24.5 Å². The summed E-state index contributed by atoms with van der Waals surface area (Å²) < 4.78 is 8.28. The van der Waals surface area contributed by atoms with Crippen molar-refractivity contribution < 1.29 is 14.6 Å². The summed E-state index contributed by atoms with van der Waals surface area (Å²) in [5.74, 6) is -0.983. The van der Waals surface area contributed by atoms with Crippen molar-refractivity contribution in [2.45, 2.75) is 113 Å². The van der Waals surface area contributed by atoms with Crippen LogP contribution in [-0.2, 0) is 35.6 Å². The smallest absolute Gasteiger partial charge is 0.337 e. The number of hydrogen-bond donors (Lipinski definition) is 1. The Morgan fingerprint density at radius 3 is 2.36 bits per heavy atom. The Balaban J connectivity index is 1.56. The van der Waals surface area contributed by atoms with Crippen LogP contribution < -0.4 is 4.90 Å². The van der Waals surface area contributed by atoms with Gasteiger partial charge in [0, 0.05) is 73.5 Å². The highest BCUT2D eigenvalue weighted by molar-refractivity contribution is 5.88. The summed E-state index contributed by atoms with van der Waals surface area (Å²) in [5, 5.41) is 15.1. The van der Waals surface area contributed by atoms with Crippen LogP contribution in [0.5, 0.6) is 0 Å². The molecule has 0 amide bonds. The molecule has 8 nitrogen and oxygen atoms in total. The van der Waals surface area contributed by atoms with Crippen LogP contribution in [0.4, 0.5) is 5.69 Å². The molecule has 0 spiro atoms. The number of fused-ring (bicyclic) bond motifs is 1. The largest absolute Gasteiger partial charge is 0.479 e. The summed E-state index contributed by atoms with van der Waals surface area (Å²) in [6, 6.07) is 6.80. The van der Waals surface area contributed by atoms with E-state index in [1.807, 2.05) is 32.4 Å². The molecule has 3 aromatic rings. The molecule has 2 aromatic heterocycles. The molecule has 2 aliphatic heterocycles. The molecular weight excluding hydrogens is 550 g/mol. The maximum absolute atomic E-state index is 12.8. The molecule has 1 fully saturated rings. The molecule has 1 aromatic carbocycles. The van der Waals surface area contributed by atoms with Gasteiger partial charge in [0.1, 0.15) is 0 Å². The zero-order valence-corrected chi connectivity index (χ0v) is 28.3. The van der Waals surface area contributed by atoms with Gasteiger partial charge in [0.15, 0.2) is 6.10 Å². The Labute approximate surface area is 263 Å². The number of piperidine rings is 1. The van der Waals surface area contributed by atoms with Crippen molar-refractivity contribution in [3.63, 3.8) is 0 Å². The SMILES string of the molecule is CCn1cc(CN2CCc3cc(-c4c(C)nc(C)c([C@H](OC(C)(C)C)C(=O)O)c4N4CCC(C)(C)CC4)ccc3C2)c(C)n1. The van der Waals surface area contributed by atoms with Crippen molar-refractivity contribution >= 4 is 11.7 Å². The number of benzene rings is 1. The first kappa shape index (κ1) is 32.2. The summed E-state index contributed by atoms with van der Waals surface area (Å²) in [6.07, 6.45) is 4.11. The normalized spacial score (nSPS) is 17.9. The zero-order valence-electron chi connectivity index (χ0n) is 28.3. The molecule has 238 valence electrons. The fraction of sp³-hybridized carbons (Fsp3) is 0.583. The van der Waals surface area contributed by atoms with E-state index in [-0.39, 0.29) is 5.41 Å². The van der Waals surface area contributed by atoms with Crippen molar-refractivity contribution in [2.24, 2.45) is 5.41 Å². The molecule has 0 saturated carbocycles. The zero-order chi connectivity index (χ0) is 32.0. The van der Waals surface area contributed by atoms with Crippen LogP contribution in [0.25, 0.3) is 11.1 Å². The number of carboxylic acids is 1. The third-order valence-electron chi connectivity index (χ3n) is 9.32. The molecule has 0 radical (unpaired) electrons. The summed E-state index contributed by atoms with van der Waals surface area (Å²) in [5.41, 5.74) is 10.2. The summed E-state index contributed by atoms with van der Waals surface area (Å²) in [6.45, 7) is 24.0. The summed E-state index contributed by atoms with van der Waals surface area (Å²) >= 11 is 0. The molecule has 0 unspecified atom stereocenters. The average Bonchev–Trinajstić information content (AvgIpc) is 3.30. The monoisotopic (exact) mass is 601 g/mol. The van der Waals surface area contributed by atoms with Crippen LogP contribution in [0.15, 0.2) is 24.4 Å². The summed E-state index contributed by atoms with van der Waals surface area (Å²) in [7, 11) is 0. The van der Waals surface area contributed by atoms with E-state index in [0.29, 0.717) is 5.56 Å². The Hall–Kier alpha value is -3.23. The van der Waals surface area contributed by atoms with Gasteiger partial charge >= 0.3 is 5.97 Å². The van der Waals surface area contributed by atoms with Gasteiger partial charge < -0.3 is 14.7 Å². The number of aliphatic carboxylic acids is 1. The van der Waals surface area contributed by atoms with Crippen molar-refractivity contribution in [1.82, 2.24) is 19.7 Å². The number of ether oxygens (including phenoxy) is 1. The number of carboxylic acid groups (broad SMARTS) is 1. The van der Waals surface area contributed by atoms with Crippen molar-refractivity contribution in [3.05, 3.63) is 63.7 Å². The van der Waals surface area contributed by atoms with E-state index >= 15 is 0 Å². The number of anilines is 1. The Morgan fingerprint density at radius 1 is 1.05 bits per heavy atom. The minimum atomic E-state index is -1.11. The lowest BCUT2D eigenvalue weighted by Crippen LogP contribution is -2.39. The molecule has 4 heterocycles. The lowest BCUT2D eigenvalue weighted by atomic mass is 9.81. The van der Waals surface area contributed by atoms with Gasteiger partial charge in [-0.2, -0.15) is 5.10 Å². The topological polar surface area (TPSA) is 83.7 Å². The quantitative estimate of drug-likeness (QED) is 0.297. The number of pyridine rings is 1. The molecule has 44 heavy (non-hydrogen) atoms. The molecule has 1 atom stereocenters. The van der Waals surface area contributed by atoms with Crippen LogP contribution >= 0.6 is 0 Å². The van der Waals surface area contributed by atoms with E-state index in [0.717, 1.165) is 92.4 Å². The number of nitrogens with zero attached hydrogens (tertiary/aromatic N) is 5. The number of aromatic nitrogens is 3.